The van der Waals surface area contributed by atoms with Crippen molar-refractivity contribution in [3.8, 4) is 0 Å². The summed E-state index contributed by atoms with van der Waals surface area (Å²) < 4.78 is 1.79. The van der Waals surface area contributed by atoms with Gasteiger partial charge < -0.3 is 15.1 Å². The summed E-state index contributed by atoms with van der Waals surface area (Å²) in [6.45, 7) is 4.03. The van der Waals surface area contributed by atoms with Crippen molar-refractivity contribution in [3.05, 3.63) is 57.3 Å². The van der Waals surface area contributed by atoms with Gasteiger partial charge in [-0.15, -0.1) is 0 Å². The van der Waals surface area contributed by atoms with E-state index in [1.165, 1.54) is 0 Å². The van der Waals surface area contributed by atoms with Gasteiger partial charge in [-0.05, 0) is 56.7 Å². The molecule has 2 fully saturated rings. The molecule has 2 aromatic rings. The summed E-state index contributed by atoms with van der Waals surface area (Å²) in [6, 6.07) is 6.38. The fourth-order valence-electron chi connectivity index (χ4n) is 5.22. The van der Waals surface area contributed by atoms with E-state index < -0.39 is 12.1 Å². The second kappa shape index (κ2) is 9.03. The third kappa shape index (κ3) is 4.02. The Bertz CT molecular complexity index is 1120. The second-order valence-corrected chi connectivity index (χ2v) is 9.76. The first-order valence-electron chi connectivity index (χ1n) is 11.5. The van der Waals surface area contributed by atoms with Crippen molar-refractivity contribution in [2.45, 2.75) is 51.1 Å². The standard InChI is InChI=1S/C24H27Cl2N5O2/c1-15-21(24(33)30-13-5-6-19(30)23(32)29-11-3-2-4-12-29)22(31-20(28-15)9-10-27-31)16-7-8-17(25)18(26)14-16/h7-10,14,19,22,28H,2-6,11-13H2,1H3. The van der Waals surface area contributed by atoms with E-state index >= 15 is 0 Å². The van der Waals surface area contributed by atoms with E-state index in [1.54, 1.807) is 27.9 Å². The maximum atomic E-state index is 14.0. The number of hydrogen-bond donors (Lipinski definition) is 1. The minimum Gasteiger partial charge on any atom is -0.344 e. The molecule has 2 amide bonds. The zero-order valence-corrected chi connectivity index (χ0v) is 20.1. The smallest absolute Gasteiger partial charge is 0.254 e. The van der Waals surface area contributed by atoms with Gasteiger partial charge in [-0.2, -0.15) is 5.10 Å². The Morgan fingerprint density at radius 3 is 2.58 bits per heavy atom. The molecule has 0 aliphatic carbocycles. The van der Waals surface area contributed by atoms with Gasteiger partial charge in [0.1, 0.15) is 17.9 Å². The number of piperidine rings is 1. The summed E-state index contributed by atoms with van der Waals surface area (Å²) >= 11 is 12.5. The second-order valence-electron chi connectivity index (χ2n) is 8.94. The number of likely N-dealkylation sites (tertiary alicyclic amines) is 2. The quantitative estimate of drug-likeness (QED) is 0.692. The fraction of sp³-hybridized carbons (Fsp3) is 0.458. The monoisotopic (exact) mass is 487 g/mol. The topological polar surface area (TPSA) is 70.5 Å². The van der Waals surface area contributed by atoms with Crippen molar-refractivity contribution < 1.29 is 9.59 Å². The Kier molecular flexibility index (Phi) is 6.10. The first kappa shape index (κ1) is 22.3. The van der Waals surface area contributed by atoms with E-state index in [0.717, 1.165) is 55.9 Å². The van der Waals surface area contributed by atoms with Crippen LogP contribution in [0.1, 0.15) is 50.6 Å². The number of allylic oxidation sites excluding steroid dienone is 1. The predicted molar refractivity (Wildman–Crippen MR) is 128 cm³/mol. The van der Waals surface area contributed by atoms with Gasteiger partial charge in [0.25, 0.3) is 5.91 Å². The molecule has 3 aliphatic heterocycles. The van der Waals surface area contributed by atoms with Gasteiger partial charge in [0.05, 0.1) is 21.8 Å². The van der Waals surface area contributed by atoms with Crippen LogP contribution in [0.4, 0.5) is 5.82 Å². The summed E-state index contributed by atoms with van der Waals surface area (Å²) in [5.41, 5.74) is 2.14. The number of rotatable bonds is 3. The normalized spacial score (nSPS) is 22.9. The molecule has 1 aromatic carbocycles. The van der Waals surface area contributed by atoms with Crippen molar-refractivity contribution in [2.24, 2.45) is 0 Å². The minimum absolute atomic E-state index is 0.0773. The molecule has 1 aromatic heterocycles. The molecule has 2 saturated heterocycles. The Morgan fingerprint density at radius 2 is 1.82 bits per heavy atom. The molecular formula is C24H27Cl2N5O2. The maximum Gasteiger partial charge on any atom is 0.254 e. The lowest BCUT2D eigenvalue weighted by molar-refractivity contribution is -0.142. The highest BCUT2D eigenvalue weighted by Crippen LogP contribution is 2.39. The van der Waals surface area contributed by atoms with Gasteiger partial charge >= 0.3 is 0 Å². The number of halogens is 2. The van der Waals surface area contributed by atoms with Gasteiger partial charge in [0.2, 0.25) is 5.91 Å². The maximum absolute atomic E-state index is 14.0. The van der Waals surface area contributed by atoms with Crippen LogP contribution in [-0.4, -0.2) is 57.1 Å². The molecule has 0 bridgehead atoms. The van der Waals surface area contributed by atoms with Crippen molar-refractivity contribution in [3.63, 3.8) is 0 Å². The van der Waals surface area contributed by atoms with Gasteiger partial charge in [0.15, 0.2) is 0 Å². The van der Waals surface area contributed by atoms with Gasteiger partial charge in [-0.1, -0.05) is 29.3 Å². The highest BCUT2D eigenvalue weighted by Gasteiger charge is 2.42. The van der Waals surface area contributed by atoms with E-state index in [2.05, 4.69) is 10.4 Å². The van der Waals surface area contributed by atoms with Crippen LogP contribution < -0.4 is 5.32 Å². The van der Waals surface area contributed by atoms with Crippen molar-refractivity contribution >= 4 is 40.8 Å². The number of nitrogens with one attached hydrogen (secondary N) is 1. The number of anilines is 1. The zero-order valence-electron chi connectivity index (χ0n) is 18.6. The summed E-state index contributed by atoms with van der Waals surface area (Å²) in [5, 5.41) is 8.67. The molecule has 5 rings (SSSR count). The number of aromatic nitrogens is 2. The van der Waals surface area contributed by atoms with Gasteiger partial charge in [-0.25, -0.2) is 4.68 Å². The van der Waals surface area contributed by atoms with E-state index in [9.17, 15) is 9.59 Å². The van der Waals surface area contributed by atoms with Gasteiger partial charge in [-0.3, -0.25) is 9.59 Å². The molecule has 2 atom stereocenters. The minimum atomic E-state index is -0.468. The Morgan fingerprint density at radius 1 is 1.03 bits per heavy atom. The third-order valence-corrected chi connectivity index (χ3v) is 7.60. The van der Waals surface area contributed by atoms with Crippen LogP contribution in [-0.2, 0) is 9.59 Å². The Labute approximate surface area is 203 Å². The van der Waals surface area contributed by atoms with E-state index in [-0.39, 0.29) is 11.8 Å². The van der Waals surface area contributed by atoms with Crippen LogP contribution >= 0.6 is 23.2 Å². The van der Waals surface area contributed by atoms with E-state index in [0.29, 0.717) is 28.6 Å². The zero-order chi connectivity index (χ0) is 23.1. The number of amides is 2. The third-order valence-electron chi connectivity index (χ3n) is 6.86. The highest BCUT2D eigenvalue weighted by atomic mass is 35.5. The van der Waals surface area contributed by atoms with Crippen LogP contribution in [0.3, 0.4) is 0 Å². The Hall–Kier alpha value is -2.51. The summed E-state index contributed by atoms with van der Waals surface area (Å²) in [4.78, 5) is 31.0. The molecule has 174 valence electrons. The molecule has 7 nitrogen and oxygen atoms in total. The number of hydrogen-bond acceptors (Lipinski definition) is 4. The van der Waals surface area contributed by atoms with Crippen molar-refractivity contribution in [2.75, 3.05) is 25.0 Å². The number of carbonyl (C=O) groups excluding carboxylic acids is 2. The summed E-state index contributed by atoms with van der Waals surface area (Å²) in [5.74, 6) is 0.737. The average Bonchev–Trinajstić information content (AvgIpc) is 3.49. The van der Waals surface area contributed by atoms with Gasteiger partial charge in [0, 0.05) is 31.4 Å². The molecular weight excluding hydrogens is 461 g/mol. The summed E-state index contributed by atoms with van der Waals surface area (Å²) in [7, 11) is 0. The first-order valence-corrected chi connectivity index (χ1v) is 12.3. The fourth-order valence-corrected chi connectivity index (χ4v) is 5.53. The van der Waals surface area contributed by atoms with Crippen molar-refractivity contribution in [1.29, 1.82) is 0 Å². The predicted octanol–water partition coefficient (Wildman–Crippen LogP) is 4.48. The lowest BCUT2D eigenvalue weighted by Crippen LogP contribution is -2.50. The lowest BCUT2D eigenvalue weighted by Gasteiger charge is -2.35. The van der Waals surface area contributed by atoms with E-state index in [1.807, 2.05) is 24.0 Å². The van der Waals surface area contributed by atoms with E-state index in [4.69, 9.17) is 23.2 Å². The highest BCUT2D eigenvalue weighted by molar-refractivity contribution is 6.42. The van der Waals surface area contributed by atoms with Crippen LogP contribution in [0.15, 0.2) is 41.7 Å². The number of carbonyl (C=O) groups is 2. The Balaban J connectivity index is 1.50. The number of benzene rings is 1. The van der Waals surface area contributed by atoms with Crippen LogP contribution in [0.5, 0.6) is 0 Å². The molecule has 0 spiro atoms. The molecule has 4 heterocycles. The number of nitrogens with zero attached hydrogens (tertiary/aromatic N) is 4. The SMILES string of the molecule is CC1=C(C(=O)N2CCCC2C(=O)N2CCCCC2)C(c2ccc(Cl)c(Cl)c2)n2nccc2N1. The van der Waals surface area contributed by atoms with Crippen LogP contribution in [0.25, 0.3) is 0 Å². The number of fused-ring (bicyclic) bond motifs is 1. The largest absolute Gasteiger partial charge is 0.344 e. The molecule has 9 heteroatoms. The average molecular weight is 488 g/mol. The molecule has 0 radical (unpaired) electrons. The first-order chi connectivity index (χ1) is 16.0. The lowest BCUT2D eigenvalue weighted by atomic mass is 9.94. The molecule has 3 aliphatic rings. The molecule has 33 heavy (non-hydrogen) atoms. The molecule has 0 saturated carbocycles. The summed E-state index contributed by atoms with van der Waals surface area (Å²) in [6.07, 6.45) is 6.44. The molecule has 1 N–H and O–H groups in total. The van der Waals surface area contributed by atoms with Crippen LogP contribution in [0.2, 0.25) is 10.0 Å². The van der Waals surface area contributed by atoms with Crippen LogP contribution in [0, 0.1) is 0 Å². The van der Waals surface area contributed by atoms with Crippen molar-refractivity contribution in [1.82, 2.24) is 19.6 Å². The molecule has 2 unspecified atom stereocenters.